The lowest BCUT2D eigenvalue weighted by molar-refractivity contribution is 0.583. The van der Waals surface area contributed by atoms with E-state index in [1.54, 1.807) is 23.1 Å². The highest BCUT2D eigenvalue weighted by molar-refractivity contribution is 7.91. The van der Waals surface area contributed by atoms with Gasteiger partial charge in [-0.2, -0.15) is 5.10 Å². The molecule has 3 heterocycles. The second-order valence-corrected chi connectivity index (χ2v) is 8.55. The van der Waals surface area contributed by atoms with E-state index >= 15 is 0 Å². The van der Waals surface area contributed by atoms with Crippen LogP contribution in [0.4, 0.5) is 0 Å². The van der Waals surface area contributed by atoms with Crippen LogP contribution in [0.15, 0.2) is 47.1 Å². The number of halogens is 1. The average molecular weight is 369 g/mol. The van der Waals surface area contributed by atoms with Crippen LogP contribution >= 0.6 is 22.9 Å². The van der Waals surface area contributed by atoms with Crippen molar-refractivity contribution in [2.24, 2.45) is 7.05 Å². The Morgan fingerprint density at radius 1 is 1.26 bits per heavy atom. The van der Waals surface area contributed by atoms with Crippen molar-refractivity contribution in [3.8, 4) is 11.3 Å². The summed E-state index contributed by atoms with van der Waals surface area (Å²) in [5.41, 5.74) is 2.46. The summed E-state index contributed by atoms with van der Waals surface area (Å²) in [5.74, 6) is 0. The van der Waals surface area contributed by atoms with Crippen LogP contribution in [-0.2, 0) is 23.6 Å². The molecule has 0 atom stereocenters. The van der Waals surface area contributed by atoms with Crippen molar-refractivity contribution in [1.82, 2.24) is 19.5 Å². The number of aromatic nitrogens is 3. The Morgan fingerprint density at radius 2 is 2.09 bits per heavy atom. The topological polar surface area (TPSA) is 76.9 Å². The Bertz CT molecular complexity index is 916. The van der Waals surface area contributed by atoms with Crippen molar-refractivity contribution in [3.63, 3.8) is 0 Å². The lowest BCUT2D eigenvalue weighted by Gasteiger charge is -2.05. The average Bonchev–Trinajstić information content (AvgIpc) is 3.15. The third-order valence-electron chi connectivity index (χ3n) is 3.11. The number of thiophene rings is 1. The maximum Gasteiger partial charge on any atom is 0.250 e. The number of aryl methyl sites for hydroxylation is 1. The highest BCUT2D eigenvalue weighted by Crippen LogP contribution is 2.25. The molecule has 0 spiro atoms. The number of pyridine rings is 1. The zero-order valence-corrected chi connectivity index (χ0v) is 14.5. The predicted octanol–water partition coefficient (Wildman–Crippen LogP) is 2.68. The van der Waals surface area contributed by atoms with E-state index in [9.17, 15) is 8.42 Å². The van der Waals surface area contributed by atoms with Gasteiger partial charge >= 0.3 is 0 Å². The molecule has 120 valence electrons. The van der Waals surface area contributed by atoms with E-state index in [4.69, 9.17) is 11.6 Å². The molecule has 0 bridgehead atoms. The predicted molar refractivity (Wildman–Crippen MR) is 89.8 cm³/mol. The molecule has 0 saturated carbocycles. The van der Waals surface area contributed by atoms with Crippen LogP contribution in [0.5, 0.6) is 0 Å². The highest BCUT2D eigenvalue weighted by atomic mass is 35.5. The zero-order chi connectivity index (χ0) is 16.4. The Morgan fingerprint density at radius 3 is 2.65 bits per heavy atom. The van der Waals surface area contributed by atoms with Crippen molar-refractivity contribution in [3.05, 3.63) is 52.8 Å². The molecular formula is C14H13ClN4O2S2. The SMILES string of the molecule is Cn1cc(-c2ccc(CNS(=O)(=O)c3ccc(Cl)s3)cn2)cn1. The molecular weight excluding hydrogens is 356 g/mol. The van der Waals surface area contributed by atoms with Gasteiger partial charge in [0.15, 0.2) is 0 Å². The van der Waals surface area contributed by atoms with Crippen molar-refractivity contribution >= 4 is 33.0 Å². The van der Waals surface area contributed by atoms with Gasteiger partial charge in [-0.1, -0.05) is 17.7 Å². The van der Waals surface area contributed by atoms with E-state index in [1.165, 1.54) is 6.07 Å². The van der Waals surface area contributed by atoms with Gasteiger partial charge in [-0.3, -0.25) is 9.67 Å². The largest absolute Gasteiger partial charge is 0.275 e. The first kappa shape index (κ1) is 16.1. The second-order valence-electron chi connectivity index (χ2n) is 4.84. The minimum absolute atomic E-state index is 0.165. The summed E-state index contributed by atoms with van der Waals surface area (Å²) in [4.78, 5) is 4.33. The molecule has 3 aromatic rings. The smallest absolute Gasteiger partial charge is 0.250 e. The molecule has 3 rings (SSSR count). The summed E-state index contributed by atoms with van der Waals surface area (Å²) in [6, 6.07) is 6.71. The molecule has 23 heavy (non-hydrogen) atoms. The van der Waals surface area contributed by atoms with Crippen LogP contribution in [-0.4, -0.2) is 23.2 Å². The van der Waals surface area contributed by atoms with Crippen molar-refractivity contribution < 1.29 is 8.42 Å². The normalized spacial score (nSPS) is 11.7. The van der Waals surface area contributed by atoms with Gasteiger partial charge in [0.1, 0.15) is 4.21 Å². The summed E-state index contributed by atoms with van der Waals surface area (Å²) in [6.45, 7) is 0.165. The van der Waals surface area contributed by atoms with Gasteiger partial charge in [-0.25, -0.2) is 13.1 Å². The number of sulfonamides is 1. The summed E-state index contributed by atoms with van der Waals surface area (Å²) >= 11 is 6.79. The Balaban J connectivity index is 1.69. The quantitative estimate of drug-likeness (QED) is 0.751. The number of nitrogens with one attached hydrogen (secondary N) is 1. The molecule has 9 heteroatoms. The van der Waals surface area contributed by atoms with Crippen LogP contribution in [0.2, 0.25) is 4.34 Å². The number of nitrogens with zero attached hydrogens (tertiary/aromatic N) is 3. The van der Waals surface area contributed by atoms with Gasteiger partial charge < -0.3 is 0 Å². The third kappa shape index (κ3) is 3.78. The molecule has 0 aliphatic rings. The lowest BCUT2D eigenvalue weighted by Crippen LogP contribution is -2.22. The molecule has 3 aromatic heterocycles. The van der Waals surface area contributed by atoms with Gasteiger partial charge in [0, 0.05) is 31.5 Å². The van der Waals surface area contributed by atoms with Crippen molar-refractivity contribution in [1.29, 1.82) is 0 Å². The first-order valence-corrected chi connectivity index (χ1v) is 9.31. The third-order valence-corrected chi connectivity index (χ3v) is 6.23. The van der Waals surface area contributed by atoms with Crippen LogP contribution < -0.4 is 4.72 Å². The first-order chi connectivity index (χ1) is 10.9. The number of hydrogen-bond acceptors (Lipinski definition) is 5. The lowest BCUT2D eigenvalue weighted by atomic mass is 10.2. The van der Waals surface area contributed by atoms with Gasteiger partial charge in [-0.05, 0) is 23.8 Å². The maximum absolute atomic E-state index is 12.1. The molecule has 0 aromatic carbocycles. The number of hydrogen-bond donors (Lipinski definition) is 1. The molecule has 6 nitrogen and oxygen atoms in total. The fourth-order valence-electron chi connectivity index (χ4n) is 1.94. The molecule has 0 aliphatic carbocycles. The molecule has 0 aliphatic heterocycles. The number of rotatable bonds is 5. The van der Waals surface area contributed by atoms with E-state index in [2.05, 4.69) is 14.8 Å². The van der Waals surface area contributed by atoms with Crippen LogP contribution in [0.3, 0.4) is 0 Å². The first-order valence-electron chi connectivity index (χ1n) is 6.63. The Labute approximate surface area is 142 Å². The van der Waals surface area contributed by atoms with E-state index in [-0.39, 0.29) is 10.8 Å². The van der Waals surface area contributed by atoms with E-state index < -0.39 is 10.0 Å². The fraction of sp³-hybridized carbons (Fsp3) is 0.143. The van der Waals surface area contributed by atoms with Gasteiger partial charge in [-0.15, -0.1) is 11.3 Å². The van der Waals surface area contributed by atoms with Crippen molar-refractivity contribution in [2.75, 3.05) is 0 Å². The minimum Gasteiger partial charge on any atom is -0.275 e. The molecule has 0 fully saturated rings. The second kappa shape index (κ2) is 6.40. The van der Waals surface area contributed by atoms with Crippen LogP contribution in [0, 0.1) is 0 Å². The summed E-state index contributed by atoms with van der Waals surface area (Å²) in [7, 11) is -1.72. The Hall–Kier alpha value is -1.74. The molecule has 1 N–H and O–H groups in total. The summed E-state index contributed by atoms with van der Waals surface area (Å²) < 4.78 is 29.1. The van der Waals surface area contributed by atoms with Gasteiger partial charge in [0.25, 0.3) is 0 Å². The molecule has 0 amide bonds. The standard InChI is InChI=1S/C14H13ClN4O2S2/c1-19-9-11(8-17-19)12-3-2-10(6-16-12)7-18-23(20,21)14-5-4-13(15)22-14/h2-6,8-9,18H,7H2,1H3. The molecule has 0 saturated heterocycles. The Kier molecular flexibility index (Phi) is 4.49. The van der Waals surface area contributed by atoms with Crippen LogP contribution in [0.25, 0.3) is 11.3 Å². The molecule has 0 unspecified atom stereocenters. The van der Waals surface area contributed by atoms with Gasteiger partial charge in [0.2, 0.25) is 10.0 Å². The van der Waals surface area contributed by atoms with E-state index in [0.717, 1.165) is 28.2 Å². The zero-order valence-electron chi connectivity index (χ0n) is 12.1. The molecule has 0 radical (unpaired) electrons. The fourth-order valence-corrected chi connectivity index (χ4v) is 4.49. The maximum atomic E-state index is 12.1. The van der Waals surface area contributed by atoms with Gasteiger partial charge in [0.05, 0.1) is 16.2 Å². The van der Waals surface area contributed by atoms with E-state index in [1.807, 2.05) is 25.4 Å². The van der Waals surface area contributed by atoms with E-state index in [0.29, 0.717) is 4.34 Å². The van der Waals surface area contributed by atoms with Crippen molar-refractivity contribution in [2.45, 2.75) is 10.8 Å². The minimum atomic E-state index is -3.55. The monoisotopic (exact) mass is 368 g/mol. The highest BCUT2D eigenvalue weighted by Gasteiger charge is 2.16. The summed E-state index contributed by atoms with van der Waals surface area (Å²) in [5, 5.41) is 4.10. The summed E-state index contributed by atoms with van der Waals surface area (Å²) in [6.07, 6.45) is 5.24. The van der Waals surface area contributed by atoms with Crippen LogP contribution in [0.1, 0.15) is 5.56 Å².